The third-order valence-electron chi connectivity index (χ3n) is 8.00. The molecule has 1 saturated carbocycles. The van der Waals surface area contributed by atoms with E-state index in [0.29, 0.717) is 39.8 Å². The van der Waals surface area contributed by atoms with E-state index in [1.165, 1.54) is 7.11 Å². The molecule has 2 saturated heterocycles. The number of methoxy groups -OCH3 is 1. The predicted molar refractivity (Wildman–Crippen MR) is 137 cm³/mol. The van der Waals surface area contributed by atoms with Crippen molar-refractivity contribution in [1.29, 1.82) is 0 Å². The first-order valence-electron chi connectivity index (χ1n) is 13.4. The van der Waals surface area contributed by atoms with Crippen LogP contribution in [0.5, 0.6) is 5.88 Å². The molecule has 5 heterocycles. The van der Waals surface area contributed by atoms with E-state index in [2.05, 4.69) is 25.5 Å². The number of piperidine rings is 1. The Morgan fingerprint density at radius 1 is 1.15 bits per heavy atom. The van der Waals surface area contributed by atoms with Gasteiger partial charge in [-0.15, -0.1) is 10.2 Å². The Kier molecular flexibility index (Phi) is 6.07. The lowest BCUT2D eigenvalue weighted by Gasteiger charge is -2.41. The van der Waals surface area contributed by atoms with E-state index in [4.69, 9.17) is 14.6 Å². The van der Waals surface area contributed by atoms with Gasteiger partial charge in [0.25, 0.3) is 6.43 Å². The zero-order chi connectivity index (χ0) is 26.7. The molecule has 0 bridgehead atoms. The van der Waals surface area contributed by atoms with Gasteiger partial charge in [-0.05, 0) is 43.4 Å². The lowest BCUT2D eigenvalue weighted by Crippen LogP contribution is -2.53. The molecular formula is C26H29F3N8O2. The topological polar surface area (TPSA) is 94.6 Å². The molecule has 0 atom stereocenters. The molecule has 3 aliphatic rings. The first-order chi connectivity index (χ1) is 19.0. The van der Waals surface area contributed by atoms with E-state index in [9.17, 15) is 8.78 Å². The maximum Gasteiger partial charge on any atom is 0.258 e. The average Bonchev–Trinajstić information content (AvgIpc) is 3.58. The molecule has 10 nitrogen and oxygen atoms in total. The fourth-order valence-electron chi connectivity index (χ4n) is 5.71. The van der Waals surface area contributed by atoms with Gasteiger partial charge in [0.1, 0.15) is 17.6 Å². The second kappa shape index (κ2) is 9.63. The maximum absolute atomic E-state index is 16.2. The summed E-state index contributed by atoms with van der Waals surface area (Å²) in [5, 5.41) is 16.0. The van der Waals surface area contributed by atoms with Crippen LogP contribution in [-0.2, 0) is 11.3 Å². The van der Waals surface area contributed by atoms with Crippen molar-refractivity contribution in [2.24, 2.45) is 0 Å². The molecule has 1 N–H and O–H groups in total. The van der Waals surface area contributed by atoms with Gasteiger partial charge in [0, 0.05) is 25.0 Å². The van der Waals surface area contributed by atoms with Crippen LogP contribution in [-0.4, -0.2) is 86.4 Å². The van der Waals surface area contributed by atoms with Crippen molar-refractivity contribution in [3.63, 3.8) is 0 Å². The Bertz CT molecular complexity index is 1520. The summed E-state index contributed by atoms with van der Waals surface area (Å²) in [7, 11) is 1.50. The summed E-state index contributed by atoms with van der Waals surface area (Å²) in [4.78, 5) is 7.09. The third-order valence-corrected chi connectivity index (χ3v) is 8.00. The lowest BCUT2D eigenvalue weighted by molar-refractivity contribution is -0.0705. The number of rotatable bonds is 8. The summed E-state index contributed by atoms with van der Waals surface area (Å²) in [6.45, 7) is 2.96. The first-order valence-corrected chi connectivity index (χ1v) is 13.4. The second-order valence-corrected chi connectivity index (χ2v) is 10.6. The zero-order valence-electron chi connectivity index (χ0n) is 21.5. The van der Waals surface area contributed by atoms with Crippen LogP contribution in [0.3, 0.4) is 0 Å². The van der Waals surface area contributed by atoms with Crippen molar-refractivity contribution in [2.75, 3.05) is 38.7 Å². The molecule has 1 aromatic carbocycles. The average molecular weight is 543 g/mol. The SMILES string of the molecule is COc1nc(NC2CCN(C3COC3)CC2)nn2c(C3CC3)c(F)c(-c3ccc4nnn(CC(F)F)c4c3)c12. The molecule has 206 valence electrons. The molecule has 0 radical (unpaired) electrons. The number of likely N-dealkylation sites (tertiary alicyclic amines) is 1. The number of hydrogen-bond donors (Lipinski definition) is 1. The summed E-state index contributed by atoms with van der Waals surface area (Å²) < 4.78 is 56.2. The number of anilines is 1. The van der Waals surface area contributed by atoms with Crippen molar-refractivity contribution in [3.05, 3.63) is 29.7 Å². The molecule has 3 fully saturated rings. The van der Waals surface area contributed by atoms with Gasteiger partial charge >= 0.3 is 0 Å². The van der Waals surface area contributed by atoms with Crippen LogP contribution >= 0.6 is 0 Å². The van der Waals surface area contributed by atoms with Crippen LogP contribution in [0.2, 0.25) is 0 Å². The van der Waals surface area contributed by atoms with E-state index in [1.807, 2.05) is 0 Å². The molecule has 7 rings (SSSR count). The molecule has 3 aromatic heterocycles. The largest absolute Gasteiger partial charge is 0.479 e. The molecule has 0 spiro atoms. The fourth-order valence-corrected chi connectivity index (χ4v) is 5.71. The third kappa shape index (κ3) is 4.37. The van der Waals surface area contributed by atoms with Crippen molar-refractivity contribution in [1.82, 2.24) is 34.5 Å². The number of aromatic nitrogens is 6. The Labute approximate surface area is 222 Å². The fraction of sp³-hybridized carbons (Fsp3) is 0.538. The number of halogens is 3. The van der Waals surface area contributed by atoms with Crippen LogP contribution < -0.4 is 10.1 Å². The summed E-state index contributed by atoms with van der Waals surface area (Å²) in [6.07, 6.45) is 1.03. The van der Waals surface area contributed by atoms with Crippen LogP contribution in [0, 0.1) is 5.82 Å². The Balaban J connectivity index is 1.27. The highest BCUT2D eigenvalue weighted by Crippen LogP contribution is 2.47. The Hall–Kier alpha value is -3.45. The number of nitrogens with one attached hydrogen (secondary N) is 1. The second-order valence-electron chi connectivity index (χ2n) is 10.6. The number of ether oxygens (including phenoxy) is 2. The van der Waals surface area contributed by atoms with E-state index in [1.54, 1.807) is 22.7 Å². The van der Waals surface area contributed by atoms with Gasteiger partial charge in [0.05, 0.1) is 43.1 Å². The van der Waals surface area contributed by atoms with Gasteiger partial charge in [-0.2, -0.15) is 4.98 Å². The molecular weight excluding hydrogens is 513 g/mol. The van der Waals surface area contributed by atoms with E-state index in [-0.39, 0.29) is 23.4 Å². The number of alkyl halides is 2. The molecule has 1 aliphatic carbocycles. The van der Waals surface area contributed by atoms with Gasteiger partial charge in [0.15, 0.2) is 5.82 Å². The number of benzene rings is 1. The smallest absolute Gasteiger partial charge is 0.258 e. The van der Waals surface area contributed by atoms with E-state index in [0.717, 1.165) is 56.7 Å². The number of fused-ring (bicyclic) bond motifs is 2. The van der Waals surface area contributed by atoms with Gasteiger partial charge in [-0.3, -0.25) is 4.90 Å². The van der Waals surface area contributed by atoms with Crippen LogP contribution in [0.4, 0.5) is 19.1 Å². The Morgan fingerprint density at radius 2 is 1.95 bits per heavy atom. The van der Waals surface area contributed by atoms with Crippen LogP contribution in [0.25, 0.3) is 27.7 Å². The van der Waals surface area contributed by atoms with Crippen molar-refractivity contribution in [2.45, 2.75) is 56.7 Å². The van der Waals surface area contributed by atoms with Crippen molar-refractivity contribution >= 4 is 22.5 Å². The molecule has 4 aromatic rings. The zero-order valence-corrected chi connectivity index (χ0v) is 21.5. The molecule has 0 amide bonds. The van der Waals surface area contributed by atoms with Crippen LogP contribution in [0.1, 0.15) is 37.3 Å². The number of hydrogen-bond acceptors (Lipinski definition) is 8. The van der Waals surface area contributed by atoms with Gasteiger partial charge in [-0.25, -0.2) is 22.4 Å². The summed E-state index contributed by atoms with van der Waals surface area (Å²) in [5.41, 5.74) is 2.53. The summed E-state index contributed by atoms with van der Waals surface area (Å²) >= 11 is 0. The summed E-state index contributed by atoms with van der Waals surface area (Å²) in [6, 6.07) is 5.72. The molecule has 39 heavy (non-hydrogen) atoms. The summed E-state index contributed by atoms with van der Waals surface area (Å²) in [5.74, 6) is 0.284. The van der Waals surface area contributed by atoms with Gasteiger partial charge < -0.3 is 14.8 Å². The minimum Gasteiger partial charge on any atom is -0.479 e. The van der Waals surface area contributed by atoms with Crippen molar-refractivity contribution < 1.29 is 22.6 Å². The lowest BCUT2D eigenvalue weighted by atomic mass is 10.0. The van der Waals surface area contributed by atoms with Gasteiger partial charge in [0.2, 0.25) is 11.8 Å². The van der Waals surface area contributed by atoms with E-state index < -0.39 is 18.8 Å². The standard InChI is InChI=1S/C26H29F3N8O2/c1-38-25-24-21(15-4-5-18-19(10-15)36(34-32-18)11-20(27)28)22(29)23(14-2-3-14)37(24)33-26(31-25)30-16-6-8-35(9-7-16)17-12-39-13-17/h4-5,10,14,16-17,20H,2-3,6-9,11-13H2,1H3,(H,30,33). The van der Waals surface area contributed by atoms with Crippen LogP contribution in [0.15, 0.2) is 18.2 Å². The Morgan fingerprint density at radius 3 is 2.62 bits per heavy atom. The highest BCUT2D eigenvalue weighted by Gasteiger charge is 2.36. The predicted octanol–water partition coefficient (Wildman–Crippen LogP) is 3.71. The normalized spacial score (nSPS) is 19.3. The van der Waals surface area contributed by atoms with Gasteiger partial charge in [-0.1, -0.05) is 11.3 Å². The molecule has 13 heteroatoms. The molecule has 2 aliphatic heterocycles. The maximum atomic E-state index is 16.2. The highest BCUT2D eigenvalue weighted by atomic mass is 19.3. The highest BCUT2D eigenvalue weighted by molar-refractivity contribution is 5.90. The van der Waals surface area contributed by atoms with Crippen molar-refractivity contribution in [3.8, 4) is 17.0 Å². The van der Waals surface area contributed by atoms with E-state index >= 15 is 4.39 Å². The molecule has 0 unspecified atom stereocenters. The number of nitrogens with zero attached hydrogens (tertiary/aromatic N) is 7. The first kappa shape index (κ1) is 24.6. The monoisotopic (exact) mass is 542 g/mol. The minimum atomic E-state index is -2.59. The quantitative estimate of drug-likeness (QED) is 0.360. The minimum absolute atomic E-state index is 0.0430.